The zero-order valence-corrected chi connectivity index (χ0v) is 39.3. The van der Waals surface area contributed by atoms with Crippen molar-refractivity contribution in [3.8, 4) is 0 Å². The van der Waals surface area contributed by atoms with Gasteiger partial charge in [-0.2, -0.15) is 0 Å². The van der Waals surface area contributed by atoms with Gasteiger partial charge in [-0.15, -0.1) is 0 Å². The first-order valence-electron chi connectivity index (χ1n) is 23.9. The summed E-state index contributed by atoms with van der Waals surface area (Å²) >= 11 is 0. The summed E-state index contributed by atoms with van der Waals surface area (Å²) in [5.41, 5.74) is -8.97. The Bertz CT molecular complexity index is 2330. The molecule has 0 spiro atoms. The van der Waals surface area contributed by atoms with Crippen LogP contribution in [0.25, 0.3) is 0 Å². The molecule has 8 aliphatic rings. The van der Waals surface area contributed by atoms with E-state index in [1.54, 1.807) is 33.8 Å². The van der Waals surface area contributed by atoms with E-state index in [4.69, 9.17) is 18.9 Å². The van der Waals surface area contributed by atoms with Gasteiger partial charge in [-0.05, 0) is 113 Å². The second-order valence-corrected chi connectivity index (χ2v) is 21.8. The second kappa shape index (κ2) is 17.3. The van der Waals surface area contributed by atoms with Crippen LogP contribution in [-0.4, -0.2) is 110 Å². The number of ether oxygens (including phenoxy) is 4. The minimum Gasteiger partial charge on any atom is -0.458 e. The number of hydrogen-bond acceptors (Lipinski definition) is 16. The molecular weight excluding hydrogens is 888 g/mol. The SMILES string of the molecule is C[C@H]1CC2C3CCC4=CC(=O)C=C[C@]4(C)[C@@]3(F)[C@@H](O)C[C@]2(C)[C@@]1(O)C(=O)OC(=O)CCC(=O)OCOC(=O)CCC(=O)OCC(=O)[C@@]1(O)CCC2C3CCC4=CC(=O)C=C[C@]4(C)C3[C@@H](O)C[C@@]21C. The first-order valence-corrected chi connectivity index (χ1v) is 23.9. The number of Topliss-reactive ketones (excluding diaryl/α,β-unsaturated/α-hetero) is 1. The number of aliphatic hydroxyl groups excluding tert-OH is 2. The third kappa shape index (κ3) is 7.42. The van der Waals surface area contributed by atoms with Gasteiger partial charge in [0, 0.05) is 33.5 Å². The van der Waals surface area contributed by atoms with Crippen molar-refractivity contribution in [1.29, 1.82) is 0 Å². The van der Waals surface area contributed by atoms with Gasteiger partial charge in [0.1, 0.15) is 5.60 Å². The van der Waals surface area contributed by atoms with Gasteiger partial charge in [-0.25, -0.2) is 9.18 Å². The maximum Gasteiger partial charge on any atom is 0.346 e. The number of hydrogen-bond donors (Lipinski definition) is 4. The average molecular weight is 951 g/mol. The summed E-state index contributed by atoms with van der Waals surface area (Å²) in [7, 11) is 0. The van der Waals surface area contributed by atoms with Gasteiger partial charge in [-0.3, -0.25) is 33.6 Å². The molecule has 15 atom stereocenters. The molecule has 4 N–H and O–H groups in total. The van der Waals surface area contributed by atoms with E-state index >= 15 is 4.39 Å². The molecule has 0 aromatic carbocycles. The molecule has 6 fully saturated rings. The Labute approximate surface area is 393 Å². The van der Waals surface area contributed by atoms with Crippen molar-refractivity contribution in [2.45, 2.75) is 147 Å². The summed E-state index contributed by atoms with van der Waals surface area (Å²) in [4.78, 5) is 102. The van der Waals surface area contributed by atoms with Crippen LogP contribution < -0.4 is 0 Å². The highest BCUT2D eigenvalue weighted by Crippen LogP contribution is 2.71. The Morgan fingerprint density at radius 1 is 0.721 bits per heavy atom. The second-order valence-electron chi connectivity index (χ2n) is 21.8. The lowest BCUT2D eigenvalue weighted by Gasteiger charge is -2.62. The summed E-state index contributed by atoms with van der Waals surface area (Å²) < 4.78 is 37.4. The molecule has 8 rings (SSSR count). The molecule has 0 aromatic rings. The number of halogens is 1. The van der Waals surface area contributed by atoms with Crippen LogP contribution >= 0.6 is 0 Å². The lowest BCUT2D eigenvalue weighted by Crippen LogP contribution is -2.69. The van der Waals surface area contributed by atoms with Gasteiger partial charge < -0.3 is 39.4 Å². The fraction of sp³-hybridized carbons (Fsp3) is 0.686. The predicted octanol–water partition coefficient (Wildman–Crippen LogP) is 4.13. The van der Waals surface area contributed by atoms with Crippen LogP contribution in [0.15, 0.2) is 47.6 Å². The van der Waals surface area contributed by atoms with Crippen molar-refractivity contribution >= 4 is 47.2 Å². The smallest absolute Gasteiger partial charge is 0.346 e. The van der Waals surface area contributed by atoms with Crippen molar-refractivity contribution < 1.29 is 82.1 Å². The van der Waals surface area contributed by atoms with E-state index < -0.39 is 143 Å². The molecule has 0 radical (unpaired) electrons. The van der Waals surface area contributed by atoms with Crippen molar-refractivity contribution in [1.82, 2.24) is 0 Å². The van der Waals surface area contributed by atoms with Gasteiger partial charge in [-0.1, -0.05) is 51.0 Å². The number of carbonyl (C=O) groups excluding carboxylic acids is 8. The Morgan fingerprint density at radius 3 is 1.97 bits per heavy atom. The number of allylic oxidation sites excluding steroid dienone is 8. The fourth-order valence-corrected chi connectivity index (χ4v) is 15.1. The molecule has 8 aliphatic carbocycles. The van der Waals surface area contributed by atoms with Gasteiger partial charge in [0.05, 0.1) is 37.9 Å². The maximum absolute atomic E-state index is 17.5. The highest BCUT2D eigenvalue weighted by atomic mass is 19.1. The minimum atomic E-state index is -2.29. The molecular formula is C51H63FO16. The molecule has 16 nitrogen and oxygen atoms in total. The molecule has 0 saturated heterocycles. The third-order valence-electron chi connectivity index (χ3n) is 18.7. The largest absolute Gasteiger partial charge is 0.458 e. The molecule has 0 amide bonds. The number of alkyl halides is 1. The van der Waals surface area contributed by atoms with Crippen molar-refractivity contribution in [3.63, 3.8) is 0 Å². The third-order valence-corrected chi connectivity index (χ3v) is 18.7. The number of ketones is 3. The lowest BCUT2D eigenvalue weighted by molar-refractivity contribution is -0.227. The minimum absolute atomic E-state index is 0.0145. The summed E-state index contributed by atoms with van der Waals surface area (Å²) in [5, 5.41) is 47.1. The predicted molar refractivity (Wildman–Crippen MR) is 233 cm³/mol. The molecule has 0 aromatic heterocycles. The van der Waals surface area contributed by atoms with E-state index in [1.165, 1.54) is 24.3 Å². The van der Waals surface area contributed by atoms with E-state index in [0.717, 1.165) is 5.57 Å². The van der Waals surface area contributed by atoms with E-state index in [-0.39, 0.29) is 61.4 Å². The van der Waals surface area contributed by atoms with Crippen LogP contribution in [0.1, 0.15) is 118 Å². The van der Waals surface area contributed by atoms with Crippen molar-refractivity contribution in [3.05, 3.63) is 47.6 Å². The number of aliphatic hydroxyl groups is 4. The number of esters is 5. The number of rotatable bonds is 12. The highest BCUT2D eigenvalue weighted by molar-refractivity contribution is 6.02. The quantitative estimate of drug-likeness (QED) is 0.0929. The van der Waals surface area contributed by atoms with Crippen LogP contribution in [-0.2, 0) is 57.3 Å². The summed E-state index contributed by atoms with van der Waals surface area (Å²) in [6.07, 6.45) is 7.22. The van der Waals surface area contributed by atoms with Gasteiger partial charge >= 0.3 is 29.8 Å². The maximum atomic E-state index is 17.5. The molecule has 0 heterocycles. The van der Waals surface area contributed by atoms with E-state index in [9.17, 15) is 58.8 Å². The normalized spacial score (nSPS) is 43.0. The lowest BCUT2D eigenvalue weighted by atomic mass is 9.45. The van der Waals surface area contributed by atoms with Crippen LogP contribution in [0.3, 0.4) is 0 Å². The Morgan fingerprint density at radius 2 is 1.31 bits per heavy atom. The molecule has 6 saturated carbocycles. The van der Waals surface area contributed by atoms with Crippen molar-refractivity contribution in [2.24, 2.45) is 57.2 Å². The van der Waals surface area contributed by atoms with Crippen LogP contribution in [0.4, 0.5) is 4.39 Å². The van der Waals surface area contributed by atoms with Crippen molar-refractivity contribution in [2.75, 3.05) is 13.4 Å². The van der Waals surface area contributed by atoms with E-state index in [1.807, 2.05) is 13.0 Å². The Balaban J connectivity index is 0.754. The highest BCUT2D eigenvalue weighted by Gasteiger charge is 2.76. The summed E-state index contributed by atoms with van der Waals surface area (Å²) in [5.74, 6) is -8.86. The van der Waals surface area contributed by atoms with Gasteiger partial charge in [0.25, 0.3) is 0 Å². The molecule has 370 valence electrons. The summed E-state index contributed by atoms with van der Waals surface area (Å²) in [6.45, 7) is 7.05. The zero-order valence-electron chi connectivity index (χ0n) is 39.3. The molecule has 5 unspecified atom stereocenters. The first-order chi connectivity index (χ1) is 31.8. The topological polar surface area (TPSA) is 254 Å². The van der Waals surface area contributed by atoms with Crippen LogP contribution in [0.5, 0.6) is 0 Å². The standard InChI is InChI=1S/C51H63FO16/c1-27-20-35-34-9-7-29-22-31(54)15-18-46(29,3)50(34,52)37(56)24-48(35,5)51(27,64)44(62)68-42(61)13-12-41(60)67-26-66-40(59)11-10-39(58)65-25-38(57)49(63)19-16-33-32-8-6-28-21-30(53)14-17-45(28,2)43(32)36(55)23-47(33,49)4/h14-15,17-18,21-22,27,32-37,43,55-56,63-64H,6-13,16,19-20,23-26H2,1-5H3/t27-,32?,33?,34?,35?,36-,37-,43?,45-,46-,47-,48-,49-,50-,51-/m0/s1. The summed E-state index contributed by atoms with van der Waals surface area (Å²) in [6, 6.07) is 0. The molecule has 68 heavy (non-hydrogen) atoms. The average Bonchev–Trinajstić information content (AvgIpc) is 3.66. The molecule has 0 bridgehead atoms. The molecule has 17 heteroatoms. The van der Waals surface area contributed by atoms with E-state index in [0.29, 0.717) is 31.3 Å². The number of fused-ring (bicyclic) bond motifs is 10. The van der Waals surface area contributed by atoms with E-state index in [2.05, 4.69) is 0 Å². The van der Waals surface area contributed by atoms with Crippen LogP contribution in [0, 0.1) is 57.2 Å². The molecule has 0 aliphatic heterocycles. The van der Waals surface area contributed by atoms with Gasteiger partial charge in [0.15, 0.2) is 29.4 Å². The fourth-order valence-electron chi connectivity index (χ4n) is 15.1. The zero-order chi connectivity index (χ0) is 49.6. The first kappa shape index (κ1) is 49.7. The van der Waals surface area contributed by atoms with Gasteiger partial charge in [0.2, 0.25) is 12.6 Å². The van der Waals surface area contributed by atoms with Crippen LogP contribution in [0.2, 0.25) is 0 Å². The Hall–Kier alpha value is -4.71. The Kier molecular flexibility index (Phi) is 12.6. The number of carbonyl (C=O) groups is 8. The monoisotopic (exact) mass is 950 g/mol.